The summed E-state index contributed by atoms with van der Waals surface area (Å²) in [6.45, 7) is 12.9. The Morgan fingerprint density at radius 3 is 2.07 bits per heavy atom. The third kappa shape index (κ3) is 11.0. The number of rotatable bonds is 7. The van der Waals surface area contributed by atoms with Gasteiger partial charge in [-0.15, -0.1) is 12.6 Å². The van der Waals surface area contributed by atoms with Crippen molar-refractivity contribution in [2.45, 2.75) is 34.1 Å². The Morgan fingerprint density at radius 2 is 1.73 bits per heavy atom. The molecule has 0 fully saturated rings. The molecule has 0 amide bonds. The molecular weight excluding hydrogens is 264 g/mol. The van der Waals surface area contributed by atoms with Crippen molar-refractivity contribution in [3.8, 4) is 0 Å². The van der Waals surface area contributed by atoms with Crippen LogP contribution in [0.15, 0.2) is 11.8 Å². The molecule has 0 spiro atoms. The van der Waals surface area contributed by atoms with Gasteiger partial charge in [0.1, 0.15) is 0 Å². The van der Waals surface area contributed by atoms with E-state index in [1.807, 2.05) is 0 Å². The second-order valence-corrected chi connectivity index (χ2v) is 3.04. The van der Waals surface area contributed by atoms with Crippen LogP contribution in [0.3, 0.4) is 0 Å². The zero-order valence-corrected chi connectivity index (χ0v) is 13.6. The summed E-state index contributed by atoms with van der Waals surface area (Å²) in [5.74, 6) is 0. The first-order chi connectivity index (χ1) is 6.28. The summed E-state index contributed by atoms with van der Waals surface area (Å²) < 4.78 is 0. The van der Waals surface area contributed by atoms with Crippen molar-refractivity contribution >= 4 is 23.1 Å². The van der Waals surface area contributed by atoms with Crippen LogP contribution in [0.5, 0.6) is 0 Å². The van der Waals surface area contributed by atoms with Gasteiger partial charge < -0.3 is 27.2 Å². The second kappa shape index (κ2) is 14.7. The normalized spacial score (nSPS) is 10.6. The summed E-state index contributed by atoms with van der Waals surface area (Å²) in [6, 6.07) is 0. The molecule has 15 heavy (non-hydrogen) atoms. The van der Waals surface area contributed by atoms with Gasteiger partial charge in [0.05, 0.1) is 0 Å². The summed E-state index contributed by atoms with van der Waals surface area (Å²) in [7, 11) is 0. The minimum absolute atomic E-state index is 0. The molecule has 0 aromatic carbocycles. The molecule has 0 aliphatic carbocycles. The smallest absolute Gasteiger partial charge is 1.00 e. The summed E-state index contributed by atoms with van der Waals surface area (Å²) in [6.07, 6.45) is 3.15. The maximum Gasteiger partial charge on any atom is 2.00 e. The monoisotopic (exact) mass is 286 g/mol. The van der Waals surface area contributed by atoms with Gasteiger partial charge in [-0.25, -0.2) is 0 Å². The molecule has 0 atom stereocenters. The summed E-state index contributed by atoms with van der Waals surface area (Å²) in [5.41, 5.74) is 1.23. The summed E-state index contributed by atoms with van der Waals surface area (Å²) in [5, 5.41) is 4.52. The molecule has 0 aromatic heterocycles. The Morgan fingerprint density at radius 1 is 1.20 bits per heavy atom. The van der Waals surface area contributed by atoms with E-state index in [1.165, 1.54) is 5.70 Å². The first-order valence-corrected chi connectivity index (χ1v) is 5.33. The van der Waals surface area contributed by atoms with E-state index in [4.69, 9.17) is 0 Å². The molecular formula is C11H23BrMgN2. The largest absolute Gasteiger partial charge is 2.00 e. The van der Waals surface area contributed by atoms with Crippen LogP contribution < -0.4 is 17.0 Å². The Hall–Kier alpha value is 0.746. The molecule has 0 rings (SSSR count). The fourth-order valence-electron chi connectivity index (χ4n) is 1.28. The van der Waals surface area contributed by atoms with E-state index in [0.29, 0.717) is 0 Å². The fourth-order valence-corrected chi connectivity index (χ4v) is 1.28. The van der Waals surface area contributed by atoms with Gasteiger partial charge in [0.2, 0.25) is 0 Å². The first-order valence-electron chi connectivity index (χ1n) is 5.33. The Bertz CT molecular complexity index is 148. The van der Waals surface area contributed by atoms with Crippen LogP contribution in [-0.4, -0.2) is 54.1 Å². The van der Waals surface area contributed by atoms with Crippen molar-refractivity contribution in [2.75, 3.05) is 26.2 Å². The van der Waals surface area contributed by atoms with E-state index in [1.54, 1.807) is 0 Å². The number of allylic oxidation sites excluding steroid dienone is 2. The third-order valence-electron chi connectivity index (χ3n) is 2.32. The van der Waals surface area contributed by atoms with Crippen molar-refractivity contribution < 1.29 is 17.0 Å². The van der Waals surface area contributed by atoms with Crippen LogP contribution in [0.2, 0.25) is 0 Å². The van der Waals surface area contributed by atoms with E-state index in [2.05, 4.69) is 44.0 Å². The van der Waals surface area contributed by atoms with Crippen LogP contribution in [0.4, 0.5) is 0 Å². The van der Waals surface area contributed by atoms with Crippen LogP contribution >= 0.6 is 0 Å². The summed E-state index contributed by atoms with van der Waals surface area (Å²) >= 11 is 0. The molecule has 2 nitrogen and oxygen atoms in total. The molecule has 0 aliphatic rings. The van der Waals surface area contributed by atoms with Gasteiger partial charge in [-0.3, -0.25) is 0 Å². The van der Waals surface area contributed by atoms with Gasteiger partial charge in [0, 0.05) is 0 Å². The number of nitrogens with zero attached hydrogens (tertiary/aromatic N) is 2. The number of likely N-dealkylation sites (N-methyl/N-ethyl adjacent to an activating group) is 1. The van der Waals surface area contributed by atoms with Crippen molar-refractivity contribution in [1.82, 2.24) is 4.90 Å². The van der Waals surface area contributed by atoms with Gasteiger partial charge in [-0.2, -0.15) is 5.70 Å². The summed E-state index contributed by atoms with van der Waals surface area (Å²) in [4.78, 5) is 2.40. The predicted molar refractivity (Wildman–Crippen MR) is 65.8 cm³/mol. The average Bonchev–Trinajstić information content (AvgIpc) is 2.19. The Labute approximate surface area is 122 Å². The van der Waals surface area contributed by atoms with Crippen molar-refractivity contribution in [3.63, 3.8) is 0 Å². The molecule has 0 aliphatic heterocycles. The van der Waals surface area contributed by atoms with Crippen LogP contribution in [0.1, 0.15) is 34.1 Å². The SMILES string of the molecule is C/C=C(/CC)[N-]CCN(CC)CC.[Br-].[Mg+2]. The predicted octanol–water partition coefficient (Wildman–Crippen LogP) is -0.361. The number of halogens is 1. The number of hydrogen-bond acceptors (Lipinski definition) is 1. The maximum atomic E-state index is 4.52. The number of hydrogen-bond donors (Lipinski definition) is 0. The van der Waals surface area contributed by atoms with E-state index in [-0.39, 0.29) is 40.0 Å². The fraction of sp³-hybridized carbons (Fsp3) is 0.818. The average molecular weight is 288 g/mol. The molecule has 0 aromatic rings. The van der Waals surface area contributed by atoms with Crippen LogP contribution in [-0.2, 0) is 0 Å². The minimum atomic E-state index is 0. The third-order valence-corrected chi connectivity index (χ3v) is 2.32. The Kier molecular flexibility index (Phi) is 20.7. The molecule has 0 radical (unpaired) electrons. The topological polar surface area (TPSA) is 17.3 Å². The van der Waals surface area contributed by atoms with Gasteiger partial charge in [0.15, 0.2) is 0 Å². The van der Waals surface area contributed by atoms with E-state index in [9.17, 15) is 0 Å². The van der Waals surface area contributed by atoms with Crippen LogP contribution in [0, 0.1) is 0 Å². The van der Waals surface area contributed by atoms with Crippen molar-refractivity contribution in [2.24, 2.45) is 0 Å². The standard InChI is InChI=1S/C11H23N2.BrH.Mg/c1-5-11(6-2)12-9-10-13(7-3)8-4;;/h5H,6-10H2,1-4H3;1H;/q-1;;+2/p-1/b11-5-;;. The van der Waals surface area contributed by atoms with Gasteiger partial charge in [-0.05, 0) is 26.6 Å². The molecule has 0 N–H and O–H groups in total. The van der Waals surface area contributed by atoms with Crippen molar-refractivity contribution in [3.05, 3.63) is 17.1 Å². The molecule has 0 heterocycles. The molecule has 0 unspecified atom stereocenters. The molecule has 0 saturated carbocycles. The first kappa shape index (κ1) is 21.1. The van der Waals surface area contributed by atoms with Crippen molar-refractivity contribution in [1.29, 1.82) is 0 Å². The zero-order chi connectivity index (χ0) is 10.1. The van der Waals surface area contributed by atoms with E-state index >= 15 is 0 Å². The van der Waals surface area contributed by atoms with E-state index < -0.39 is 0 Å². The maximum absolute atomic E-state index is 4.52. The molecule has 0 bridgehead atoms. The zero-order valence-electron chi connectivity index (χ0n) is 10.6. The molecule has 0 saturated heterocycles. The quantitative estimate of drug-likeness (QED) is 0.585. The van der Waals surface area contributed by atoms with Gasteiger partial charge in [-0.1, -0.05) is 27.2 Å². The van der Waals surface area contributed by atoms with Crippen LogP contribution in [0.25, 0.3) is 5.32 Å². The van der Waals surface area contributed by atoms with Gasteiger partial charge >= 0.3 is 23.1 Å². The van der Waals surface area contributed by atoms with E-state index in [0.717, 1.165) is 32.6 Å². The molecule has 86 valence electrons. The second-order valence-electron chi connectivity index (χ2n) is 3.04. The van der Waals surface area contributed by atoms with Gasteiger partial charge in [0.25, 0.3) is 0 Å². The molecule has 4 heteroatoms. The minimum Gasteiger partial charge on any atom is -1.00 e. The Balaban J connectivity index is -0.000000720.